The number of hydrogen-bond acceptors (Lipinski definition) is 7. The highest BCUT2D eigenvalue weighted by Crippen LogP contribution is 2.05. The van der Waals surface area contributed by atoms with Crippen molar-refractivity contribution >= 4 is 23.5 Å². The molecule has 2 heterocycles. The molecule has 1 aliphatic heterocycles. The summed E-state index contributed by atoms with van der Waals surface area (Å²) in [5.41, 5.74) is -1.86. The molecule has 98 valence electrons. The van der Waals surface area contributed by atoms with E-state index < -0.39 is 35.1 Å². The molecular weight excluding hydrogens is 260 g/mol. The molecule has 1 aromatic heterocycles. The van der Waals surface area contributed by atoms with Gasteiger partial charge >= 0.3 is 11.7 Å². The van der Waals surface area contributed by atoms with Gasteiger partial charge in [0.05, 0.1) is 0 Å². The minimum Gasteiger partial charge on any atom is -0.312 e. The Balaban J connectivity index is 2.25. The number of nitrogens with one attached hydrogen (secondary N) is 4. The topological polar surface area (TPSA) is 166 Å². The number of aromatic amines is 2. The van der Waals surface area contributed by atoms with E-state index in [0.29, 0.717) is 0 Å². The zero-order chi connectivity index (χ0) is 14.0. The molecule has 2 rings (SSSR count). The van der Waals surface area contributed by atoms with E-state index in [1.165, 1.54) is 0 Å². The van der Waals surface area contributed by atoms with Gasteiger partial charge in [-0.05, 0) is 0 Å². The number of carbonyl (C=O) groups is 3. The van der Waals surface area contributed by atoms with E-state index in [9.17, 15) is 24.0 Å². The third-order valence-electron chi connectivity index (χ3n) is 2.05. The number of urea groups is 1. The second-order valence-electron chi connectivity index (χ2n) is 3.38. The molecule has 19 heavy (non-hydrogen) atoms. The molecule has 0 radical (unpaired) electrons. The molecule has 0 saturated carbocycles. The number of nitrogens with zero attached hydrogens (tertiary/aromatic N) is 2. The second kappa shape index (κ2) is 4.64. The fourth-order valence-corrected chi connectivity index (χ4v) is 1.21. The van der Waals surface area contributed by atoms with E-state index in [1.54, 1.807) is 0 Å². The van der Waals surface area contributed by atoms with Crippen LogP contribution >= 0.6 is 0 Å². The van der Waals surface area contributed by atoms with Crippen LogP contribution in [0.15, 0.2) is 26.0 Å². The molecule has 11 heteroatoms. The van der Waals surface area contributed by atoms with E-state index in [1.807, 2.05) is 15.6 Å². The van der Waals surface area contributed by atoms with Crippen LogP contribution in [-0.4, -0.2) is 33.9 Å². The Morgan fingerprint density at radius 2 is 1.63 bits per heavy atom. The Morgan fingerprint density at radius 3 is 2.21 bits per heavy atom. The summed E-state index contributed by atoms with van der Waals surface area (Å²) in [7, 11) is 0. The normalized spacial score (nSPS) is 16.5. The maximum atomic E-state index is 11.3. The average Bonchev–Trinajstić information content (AvgIpc) is 2.30. The van der Waals surface area contributed by atoms with Crippen molar-refractivity contribution in [3.05, 3.63) is 27.0 Å². The van der Waals surface area contributed by atoms with Crippen molar-refractivity contribution in [2.75, 3.05) is 0 Å². The van der Waals surface area contributed by atoms with Crippen LogP contribution in [-0.2, 0) is 9.59 Å². The summed E-state index contributed by atoms with van der Waals surface area (Å²) < 4.78 is 0. The number of hydrogen-bond donors (Lipinski definition) is 4. The third kappa shape index (κ3) is 2.59. The fourth-order valence-electron chi connectivity index (χ4n) is 1.21. The van der Waals surface area contributed by atoms with Crippen molar-refractivity contribution in [2.24, 2.45) is 10.2 Å². The Labute approximate surface area is 103 Å². The predicted octanol–water partition coefficient (Wildman–Crippen LogP) is -2.12. The first-order valence-electron chi connectivity index (χ1n) is 4.86. The van der Waals surface area contributed by atoms with E-state index in [-0.39, 0.29) is 5.69 Å². The standard InChI is InChI=1S/C8H6N6O5/c15-4-2(1-9-7(18)10-4)13-14-3-5(16)11-8(19)12-6(3)17/h1,3H,(H2,9,10,15,18)(H2,11,12,16,17,19). The van der Waals surface area contributed by atoms with Crippen LogP contribution in [0.4, 0.5) is 10.5 Å². The van der Waals surface area contributed by atoms with Crippen LogP contribution in [0.1, 0.15) is 0 Å². The van der Waals surface area contributed by atoms with E-state index in [4.69, 9.17) is 0 Å². The van der Waals surface area contributed by atoms with Gasteiger partial charge in [0.25, 0.3) is 17.4 Å². The van der Waals surface area contributed by atoms with Gasteiger partial charge < -0.3 is 4.98 Å². The lowest BCUT2D eigenvalue weighted by atomic mass is 10.2. The first-order valence-corrected chi connectivity index (χ1v) is 4.86. The van der Waals surface area contributed by atoms with Crippen molar-refractivity contribution in [1.29, 1.82) is 0 Å². The second-order valence-corrected chi connectivity index (χ2v) is 3.38. The minimum atomic E-state index is -1.58. The first-order chi connectivity index (χ1) is 8.97. The van der Waals surface area contributed by atoms with E-state index in [2.05, 4.69) is 15.2 Å². The number of H-pyrrole nitrogens is 2. The lowest BCUT2D eigenvalue weighted by Gasteiger charge is -2.15. The van der Waals surface area contributed by atoms with Crippen molar-refractivity contribution in [2.45, 2.75) is 6.04 Å². The molecule has 1 saturated heterocycles. The van der Waals surface area contributed by atoms with Gasteiger partial charge in [0.2, 0.25) is 6.04 Å². The molecule has 4 N–H and O–H groups in total. The molecule has 1 aliphatic rings. The number of rotatable bonds is 2. The summed E-state index contributed by atoms with van der Waals surface area (Å²) in [5.74, 6) is -1.92. The summed E-state index contributed by atoms with van der Waals surface area (Å²) in [6, 6.07) is -2.53. The van der Waals surface area contributed by atoms with Gasteiger partial charge in [-0.3, -0.25) is 30.0 Å². The number of carbonyl (C=O) groups excluding carboxylic acids is 3. The summed E-state index contributed by atoms with van der Waals surface area (Å²) in [4.78, 5) is 59.3. The number of aromatic nitrogens is 2. The summed E-state index contributed by atoms with van der Waals surface area (Å²) in [6.07, 6.45) is 0.967. The molecule has 0 aromatic carbocycles. The maximum Gasteiger partial charge on any atom is 0.328 e. The van der Waals surface area contributed by atoms with Crippen molar-refractivity contribution < 1.29 is 14.4 Å². The third-order valence-corrected chi connectivity index (χ3v) is 2.05. The molecule has 0 atom stereocenters. The summed E-state index contributed by atoms with van der Waals surface area (Å²) in [6.45, 7) is 0. The van der Waals surface area contributed by atoms with Gasteiger partial charge in [-0.25, -0.2) is 9.59 Å². The molecule has 1 fully saturated rings. The molecule has 4 amide bonds. The predicted molar refractivity (Wildman–Crippen MR) is 57.7 cm³/mol. The number of amides is 4. The molecule has 11 nitrogen and oxygen atoms in total. The maximum absolute atomic E-state index is 11.3. The monoisotopic (exact) mass is 266 g/mol. The number of barbiturate groups is 1. The Bertz CT molecular complexity index is 680. The Morgan fingerprint density at radius 1 is 1.00 bits per heavy atom. The van der Waals surface area contributed by atoms with E-state index >= 15 is 0 Å². The first kappa shape index (κ1) is 12.3. The van der Waals surface area contributed by atoms with Gasteiger partial charge in [-0.2, -0.15) is 5.11 Å². The highest BCUT2D eigenvalue weighted by Gasteiger charge is 2.34. The lowest BCUT2D eigenvalue weighted by molar-refractivity contribution is -0.131. The van der Waals surface area contributed by atoms with Crippen molar-refractivity contribution in [3.63, 3.8) is 0 Å². The van der Waals surface area contributed by atoms with Crippen LogP contribution in [0.5, 0.6) is 0 Å². The summed E-state index contributed by atoms with van der Waals surface area (Å²) in [5, 5.41) is 10.3. The number of imide groups is 2. The molecule has 0 unspecified atom stereocenters. The zero-order valence-corrected chi connectivity index (χ0v) is 9.09. The van der Waals surface area contributed by atoms with Crippen LogP contribution in [0, 0.1) is 0 Å². The van der Waals surface area contributed by atoms with Crippen LogP contribution < -0.4 is 21.9 Å². The molecular formula is C8H6N6O5. The smallest absolute Gasteiger partial charge is 0.312 e. The Hall–Kier alpha value is -3.11. The SMILES string of the molecule is O=C1NC(=O)C(N=Nc2c[nH]c(=O)[nH]c2=O)C(=O)N1. The number of azo groups is 1. The average molecular weight is 266 g/mol. The van der Waals surface area contributed by atoms with E-state index in [0.717, 1.165) is 6.20 Å². The minimum absolute atomic E-state index is 0.294. The molecule has 1 aromatic rings. The highest BCUT2D eigenvalue weighted by atomic mass is 16.2. The van der Waals surface area contributed by atoms with Gasteiger partial charge in [-0.1, -0.05) is 0 Å². The molecule has 0 spiro atoms. The Kier molecular flexibility index (Phi) is 3.01. The molecule has 0 aliphatic carbocycles. The quantitative estimate of drug-likeness (QED) is 0.354. The van der Waals surface area contributed by atoms with Crippen molar-refractivity contribution in [1.82, 2.24) is 20.6 Å². The van der Waals surface area contributed by atoms with Gasteiger partial charge in [-0.15, -0.1) is 5.11 Å². The van der Waals surface area contributed by atoms with Crippen molar-refractivity contribution in [3.8, 4) is 0 Å². The zero-order valence-electron chi connectivity index (χ0n) is 9.09. The van der Waals surface area contributed by atoms with Gasteiger partial charge in [0.1, 0.15) is 0 Å². The summed E-state index contributed by atoms with van der Waals surface area (Å²) >= 11 is 0. The molecule has 0 bridgehead atoms. The largest absolute Gasteiger partial charge is 0.328 e. The van der Waals surface area contributed by atoms with Crippen LogP contribution in [0.25, 0.3) is 0 Å². The van der Waals surface area contributed by atoms with Crippen LogP contribution in [0.2, 0.25) is 0 Å². The van der Waals surface area contributed by atoms with Gasteiger partial charge in [0.15, 0.2) is 5.69 Å². The lowest BCUT2D eigenvalue weighted by Crippen LogP contribution is -2.57. The van der Waals surface area contributed by atoms with Gasteiger partial charge in [0, 0.05) is 6.20 Å². The highest BCUT2D eigenvalue weighted by molar-refractivity contribution is 6.18. The fraction of sp³-hybridized carbons (Fsp3) is 0.125. The van der Waals surface area contributed by atoms with Crippen LogP contribution in [0.3, 0.4) is 0 Å².